The van der Waals surface area contributed by atoms with Crippen molar-refractivity contribution in [3.05, 3.63) is 23.8 Å². The Balaban J connectivity index is 1.11. The molecule has 282 valence electrons. The molecule has 4 aliphatic rings. The first-order valence-corrected chi connectivity index (χ1v) is 22.1. The average molecular weight is 679 g/mol. The molecule has 0 aromatic heterocycles. The van der Waals surface area contributed by atoms with E-state index in [-0.39, 0.29) is 12.1 Å². The van der Waals surface area contributed by atoms with Crippen molar-refractivity contribution in [2.24, 2.45) is 52.3 Å². The van der Waals surface area contributed by atoms with Gasteiger partial charge in [0.2, 0.25) is 0 Å². The van der Waals surface area contributed by atoms with E-state index < -0.39 is 0 Å². The van der Waals surface area contributed by atoms with Gasteiger partial charge in [0.05, 0.1) is 0 Å². The topological polar surface area (TPSA) is 26.3 Å². The van der Waals surface area contributed by atoms with E-state index in [1.807, 2.05) is 0 Å². The largest absolute Gasteiger partial charge is 0.462 e. The molecule has 0 amide bonds. The third kappa shape index (κ3) is 11.2. The molecule has 9 atom stereocenters. The number of carbonyl (C=O) groups is 1. The second-order valence-electron chi connectivity index (χ2n) is 18.8. The molecule has 0 aromatic carbocycles. The van der Waals surface area contributed by atoms with Gasteiger partial charge in [-0.1, -0.05) is 143 Å². The summed E-state index contributed by atoms with van der Waals surface area (Å²) in [7, 11) is 0. The highest BCUT2D eigenvalue weighted by atomic mass is 16.5. The highest BCUT2D eigenvalue weighted by molar-refractivity contribution is 5.69. The van der Waals surface area contributed by atoms with Crippen LogP contribution in [0, 0.1) is 52.3 Å². The molecule has 9 unspecified atom stereocenters. The van der Waals surface area contributed by atoms with Gasteiger partial charge in [0.25, 0.3) is 0 Å². The molecule has 2 heteroatoms. The number of hydrogen-bond donors (Lipinski definition) is 0. The minimum absolute atomic E-state index is 0.0542. The Morgan fingerprint density at radius 3 is 2.12 bits per heavy atom. The Morgan fingerprint density at radius 2 is 1.45 bits per heavy atom. The molecule has 0 heterocycles. The summed E-state index contributed by atoms with van der Waals surface area (Å²) in [6.07, 6.45) is 39.5. The molecule has 0 saturated heterocycles. The van der Waals surface area contributed by atoms with Gasteiger partial charge in [0.1, 0.15) is 6.10 Å². The van der Waals surface area contributed by atoms with E-state index >= 15 is 0 Å². The lowest BCUT2D eigenvalue weighted by atomic mass is 9.47. The van der Waals surface area contributed by atoms with Crippen molar-refractivity contribution < 1.29 is 9.53 Å². The van der Waals surface area contributed by atoms with Crippen molar-refractivity contribution >= 4 is 5.97 Å². The second kappa shape index (κ2) is 20.3. The summed E-state index contributed by atoms with van der Waals surface area (Å²) in [4.78, 5) is 12.8. The molecule has 0 bridgehead atoms. The maximum atomic E-state index is 12.8. The van der Waals surface area contributed by atoms with Crippen molar-refractivity contribution in [3.63, 3.8) is 0 Å². The van der Waals surface area contributed by atoms with Crippen LogP contribution in [-0.4, -0.2) is 12.1 Å². The molecule has 0 radical (unpaired) electrons. The summed E-state index contributed by atoms with van der Waals surface area (Å²) in [6, 6.07) is 0. The molecule has 4 rings (SSSR count). The van der Waals surface area contributed by atoms with Crippen LogP contribution in [0.4, 0.5) is 0 Å². The zero-order valence-electron chi connectivity index (χ0n) is 33.8. The third-order valence-electron chi connectivity index (χ3n) is 15.2. The van der Waals surface area contributed by atoms with Gasteiger partial charge < -0.3 is 4.74 Å². The summed E-state index contributed by atoms with van der Waals surface area (Å²) in [6.45, 7) is 17.5. The maximum Gasteiger partial charge on any atom is 0.306 e. The van der Waals surface area contributed by atoms with E-state index in [9.17, 15) is 4.79 Å². The van der Waals surface area contributed by atoms with Gasteiger partial charge in [0, 0.05) is 12.8 Å². The third-order valence-corrected chi connectivity index (χ3v) is 15.2. The standard InChI is InChI=1S/C47H82O2/c1-8-9-10-11-12-13-14-15-16-17-18-19-20-21-22-23-24-45(48)49-40-31-33-46(6)39(35-40)27-28-41-43-30-29-42(47(43,7)34-32-44(41)46)38(5)26-25-37(4)36(2)3/h16-17,27,36-38,40-44H,8-15,18-26,28-35H2,1-7H3/b17-16+. The molecular weight excluding hydrogens is 597 g/mol. The van der Waals surface area contributed by atoms with Crippen LogP contribution in [0.3, 0.4) is 0 Å². The number of unbranched alkanes of at least 4 members (excludes halogenated alkanes) is 12. The van der Waals surface area contributed by atoms with Crippen LogP contribution in [0.5, 0.6) is 0 Å². The van der Waals surface area contributed by atoms with E-state index in [0.717, 1.165) is 67.1 Å². The van der Waals surface area contributed by atoms with Crippen LogP contribution >= 0.6 is 0 Å². The van der Waals surface area contributed by atoms with Crippen LogP contribution in [-0.2, 0) is 9.53 Å². The highest BCUT2D eigenvalue weighted by Gasteiger charge is 2.59. The molecule has 0 aliphatic heterocycles. The van der Waals surface area contributed by atoms with Crippen molar-refractivity contribution in [2.75, 3.05) is 0 Å². The smallest absolute Gasteiger partial charge is 0.306 e. The number of esters is 1. The highest BCUT2D eigenvalue weighted by Crippen LogP contribution is 2.67. The molecule has 0 N–H and O–H groups in total. The predicted molar refractivity (Wildman–Crippen MR) is 212 cm³/mol. The average Bonchev–Trinajstić information content (AvgIpc) is 3.44. The normalized spacial score (nSPS) is 32.4. The van der Waals surface area contributed by atoms with E-state index in [1.54, 1.807) is 5.57 Å². The molecular formula is C47H82O2. The van der Waals surface area contributed by atoms with Gasteiger partial charge >= 0.3 is 5.97 Å². The van der Waals surface area contributed by atoms with Crippen molar-refractivity contribution in [3.8, 4) is 0 Å². The quantitative estimate of drug-likeness (QED) is 0.0647. The van der Waals surface area contributed by atoms with Crippen LogP contribution < -0.4 is 0 Å². The number of allylic oxidation sites excluding steroid dienone is 3. The Bertz CT molecular complexity index is 1020. The van der Waals surface area contributed by atoms with E-state index in [2.05, 4.69) is 66.7 Å². The number of rotatable bonds is 22. The Labute approximate surface area is 305 Å². The van der Waals surface area contributed by atoms with Crippen LogP contribution in [0.1, 0.15) is 209 Å². The Kier molecular flexibility index (Phi) is 16.8. The zero-order valence-corrected chi connectivity index (χ0v) is 33.8. The van der Waals surface area contributed by atoms with Gasteiger partial charge in [-0.2, -0.15) is 0 Å². The van der Waals surface area contributed by atoms with Gasteiger partial charge in [-0.05, 0) is 129 Å². The van der Waals surface area contributed by atoms with Gasteiger partial charge in [-0.15, -0.1) is 0 Å². The summed E-state index contributed by atoms with van der Waals surface area (Å²) in [5.41, 5.74) is 2.51. The van der Waals surface area contributed by atoms with Crippen LogP contribution in [0.25, 0.3) is 0 Å². The molecule has 3 saturated carbocycles. The second-order valence-corrected chi connectivity index (χ2v) is 18.8. The fourth-order valence-corrected chi connectivity index (χ4v) is 11.5. The first-order valence-electron chi connectivity index (χ1n) is 22.1. The molecule has 0 aromatic rings. The molecule has 4 aliphatic carbocycles. The molecule has 2 nitrogen and oxygen atoms in total. The van der Waals surface area contributed by atoms with Gasteiger partial charge in [-0.3, -0.25) is 4.79 Å². The predicted octanol–water partition coefficient (Wildman–Crippen LogP) is 14.6. The lowest BCUT2D eigenvalue weighted by Gasteiger charge is -2.58. The summed E-state index contributed by atoms with van der Waals surface area (Å²) in [5, 5.41) is 0. The minimum Gasteiger partial charge on any atom is -0.462 e. The van der Waals surface area contributed by atoms with Gasteiger partial charge in [0.15, 0.2) is 0 Å². The number of carbonyl (C=O) groups excluding carboxylic acids is 1. The van der Waals surface area contributed by atoms with Crippen LogP contribution in [0.15, 0.2) is 23.8 Å². The van der Waals surface area contributed by atoms with Crippen molar-refractivity contribution in [1.29, 1.82) is 0 Å². The Hall–Kier alpha value is -1.05. The van der Waals surface area contributed by atoms with Crippen LogP contribution in [0.2, 0.25) is 0 Å². The van der Waals surface area contributed by atoms with E-state index in [0.29, 0.717) is 17.3 Å². The zero-order chi connectivity index (χ0) is 35.3. The first-order chi connectivity index (χ1) is 23.6. The van der Waals surface area contributed by atoms with E-state index in [1.165, 1.54) is 128 Å². The molecule has 49 heavy (non-hydrogen) atoms. The number of hydrogen-bond acceptors (Lipinski definition) is 2. The van der Waals surface area contributed by atoms with Crippen molar-refractivity contribution in [1.82, 2.24) is 0 Å². The van der Waals surface area contributed by atoms with Gasteiger partial charge in [-0.25, -0.2) is 0 Å². The fraction of sp³-hybridized carbons (Fsp3) is 0.894. The maximum absolute atomic E-state index is 12.8. The number of fused-ring (bicyclic) bond motifs is 5. The molecule has 0 spiro atoms. The monoisotopic (exact) mass is 679 g/mol. The molecule has 3 fully saturated rings. The first kappa shape index (κ1) is 40.7. The summed E-state index contributed by atoms with van der Waals surface area (Å²) < 4.78 is 6.14. The number of ether oxygens (including phenoxy) is 1. The fourth-order valence-electron chi connectivity index (χ4n) is 11.5. The Morgan fingerprint density at radius 1 is 0.796 bits per heavy atom. The van der Waals surface area contributed by atoms with E-state index in [4.69, 9.17) is 4.74 Å². The summed E-state index contributed by atoms with van der Waals surface area (Å²) >= 11 is 0. The summed E-state index contributed by atoms with van der Waals surface area (Å²) in [5.74, 6) is 6.08. The lowest BCUT2D eigenvalue weighted by molar-refractivity contribution is -0.151. The van der Waals surface area contributed by atoms with Crippen molar-refractivity contribution in [2.45, 2.75) is 215 Å². The lowest BCUT2D eigenvalue weighted by Crippen LogP contribution is -2.51. The minimum atomic E-state index is 0.0542. The SMILES string of the molecule is CCCCCCCCC/C=C/CCCCCCCC(=O)OC1CCC2(C)C(=CCC3C2CCC2(C)C(C(C)CCC(C)C(C)C)CCC32)C1.